The minimum absolute atomic E-state index is 0.183. The van der Waals surface area contributed by atoms with Crippen LogP contribution in [0.4, 0.5) is 5.69 Å². The molecule has 2 aromatic heterocycles. The van der Waals surface area contributed by atoms with Gasteiger partial charge in [-0.05, 0) is 30.3 Å². The fourth-order valence-electron chi connectivity index (χ4n) is 2.12. The summed E-state index contributed by atoms with van der Waals surface area (Å²) < 4.78 is 9.37. The maximum absolute atomic E-state index is 12.4. The number of rotatable bonds is 2. The van der Waals surface area contributed by atoms with Crippen molar-refractivity contribution in [3.05, 3.63) is 47.5 Å². The summed E-state index contributed by atoms with van der Waals surface area (Å²) >= 11 is 2.65. The molecule has 1 amide bonds. The van der Waals surface area contributed by atoms with E-state index in [2.05, 4.69) is 19.0 Å². The highest BCUT2D eigenvalue weighted by molar-refractivity contribution is 7.16. The lowest BCUT2D eigenvalue weighted by Gasteiger charge is -2.05. The summed E-state index contributed by atoms with van der Waals surface area (Å²) in [5, 5.41) is 2.90. The van der Waals surface area contributed by atoms with E-state index in [-0.39, 0.29) is 5.91 Å². The first-order chi connectivity index (χ1) is 10.3. The Kier molecular flexibility index (Phi) is 2.87. The molecule has 5 nitrogen and oxygen atoms in total. The fourth-order valence-corrected chi connectivity index (χ4v) is 3.39. The Morgan fingerprint density at radius 2 is 2.05 bits per heavy atom. The van der Waals surface area contributed by atoms with Crippen molar-refractivity contribution in [2.45, 2.75) is 0 Å². The van der Waals surface area contributed by atoms with Gasteiger partial charge in [-0.3, -0.25) is 4.79 Å². The summed E-state index contributed by atoms with van der Waals surface area (Å²) in [6.45, 7) is 0. The van der Waals surface area contributed by atoms with E-state index in [0.717, 1.165) is 33.1 Å². The number of hydrogen-bond acceptors (Lipinski definition) is 6. The first kappa shape index (κ1) is 12.4. The third-order valence-electron chi connectivity index (χ3n) is 3.12. The zero-order valence-electron chi connectivity index (χ0n) is 10.6. The van der Waals surface area contributed by atoms with Crippen LogP contribution < -0.4 is 5.32 Å². The molecule has 0 saturated heterocycles. The van der Waals surface area contributed by atoms with Crippen LogP contribution in [0.1, 0.15) is 10.4 Å². The number of thiazole rings is 1. The third kappa shape index (κ3) is 2.16. The van der Waals surface area contributed by atoms with E-state index < -0.39 is 0 Å². The molecule has 21 heavy (non-hydrogen) atoms. The second-order valence-electron chi connectivity index (χ2n) is 4.43. The molecule has 0 radical (unpaired) electrons. The van der Waals surface area contributed by atoms with Gasteiger partial charge in [0.15, 0.2) is 0 Å². The number of nitrogens with zero attached hydrogens (tertiary/aromatic N) is 3. The molecule has 0 spiro atoms. The van der Waals surface area contributed by atoms with Crippen molar-refractivity contribution in [1.29, 1.82) is 0 Å². The van der Waals surface area contributed by atoms with E-state index in [4.69, 9.17) is 0 Å². The van der Waals surface area contributed by atoms with Crippen LogP contribution in [0.5, 0.6) is 0 Å². The minimum Gasteiger partial charge on any atom is -0.322 e. The maximum Gasteiger partial charge on any atom is 0.257 e. The predicted octanol–water partition coefficient (Wildman–Crippen LogP) is 3.55. The first-order valence-corrected chi connectivity index (χ1v) is 7.78. The topological polar surface area (TPSA) is 67.8 Å². The predicted molar refractivity (Wildman–Crippen MR) is 85.0 cm³/mol. The Morgan fingerprint density at radius 1 is 1.10 bits per heavy atom. The smallest absolute Gasteiger partial charge is 0.257 e. The number of nitrogens with one attached hydrogen (secondary N) is 1. The molecule has 0 aliphatic heterocycles. The van der Waals surface area contributed by atoms with Crippen LogP contribution in [0.3, 0.4) is 0 Å². The summed E-state index contributed by atoms with van der Waals surface area (Å²) in [5.41, 5.74) is 5.38. The molecule has 0 saturated carbocycles. The number of anilines is 1. The number of amides is 1. The van der Waals surface area contributed by atoms with Crippen LogP contribution in [0, 0.1) is 0 Å². The third-order valence-corrected chi connectivity index (χ3v) is 4.45. The van der Waals surface area contributed by atoms with E-state index in [1.54, 1.807) is 22.9 Å². The van der Waals surface area contributed by atoms with Gasteiger partial charge >= 0.3 is 0 Å². The van der Waals surface area contributed by atoms with Crippen LogP contribution in [0.2, 0.25) is 0 Å². The molecule has 4 aromatic rings. The van der Waals surface area contributed by atoms with Gasteiger partial charge < -0.3 is 5.32 Å². The largest absolute Gasteiger partial charge is 0.322 e. The van der Waals surface area contributed by atoms with Crippen molar-refractivity contribution in [1.82, 2.24) is 13.7 Å². The van der Waals surface area contributed by atoms with Gasteiger partial charge in [0.05, 0.1) is 33.0 Å². The molecule has 4 rings (SSSR count). The number of hydrogen-bond donors (Lipinski definition) is 1. The van der Waals surface area contributed by atoms with Crippen LogP contribution >= 0.6 is 23.1 Å². The van der Waals surface area contributed by atoms with Gasteiger partial charge in [-0.15, -0.1) is 11.3 Å². The highest BCUT2D eigenvalue weighted by Gasteiger charge is 2.13. The van der Waals surface area contributed by atoms with Crippen molar-refractivity contribution in [2.24, 2.45) is 0 Å². The number of carbonyl (C=O) groups is 1. The van der Waals surface area contributed by atoms with Crippen LogP contribution in [-0.4, -0.2) is 19.6 Å². The fraction of sp³-hybridized carbons (Fsp3) is 0. The van der Waals surface area contributed by atoms with Gasteiger partial charge in [-0.2, -0.15) is 8.75 Å². The van der Waals surface area contributed by atoms with Gasteiger partial charge in [-0.25, -0.2) is 4.98 Å². The van der Waals surface area contributed by atoms with Gasteiger partial charge in [0, 0.05) is 5.69 Å². The molecule has 0 bridgehead atoms. The van der Waals surface area contributed by atoms with Crippen molar-refractivity contribution in [2.75, 3.05) is 5.32 Å². The first-order valence-electron chi connectivity index (χ1n) is 6.17. The summed E-state index contributed by atoms with van der Waals surface area (Å²) in [5.74, 6) is -0.183. The second-order valence-corrected chi connectivity index (χ2v) is 5.84. The molecule has 0 aliphatic rings. The summed E-state index contributed by atoms with van der Waals surface area (Å²) in [4.78, 5) is 16.6. The average Bonchev–Trinajstić information content (AvgIpc) is 3.14. The Labute approximate surface area is 127 Å². The Hall–Kier alpha value is -2.38. The van der Waals surface area contributed by atoms with Gasteiger partial charge in [0.1, 0.15) is 11.0 Å². The van der Waals surface area contributed by atoms with E-state index in [1.807, 2.05) is 30.3 Å². The number of benzene rings is 2. The number of carbonyl (C=O) groups excluding carboxylic acids is 1. The van der Waals surface area contributed by atoms with Crippen molar-refractivity contribution < 1.29 is 4.79 Å². The zero-order chi connectivity index (χ0) is 14.2. The molecule has 7 heteroatoms. The standard InChI is InChI=1S/C14H8N4OS2/c19-14(9-2-1-3-11-13(9)18-21-17-11)16-8-4-5-10-12(6-8)20-7-15-10/h1-7H,(H,16,19). The molecule has 0 aliphatic carbocycles. The molecule has 0 atom stereocenters. The molecule has 102 valence electrons. The molecule has 1 N–H and O–H groups in total. The summed E-state index contributed by atoms with van der Waals surface area (Å²) in [6.07, 6.45) is 0. The molecule has 2 heterocycles. The average molecular weight is 312 g/mol. The Morgan fingerprint density at radius 3 is 3.00 bits per heavy atom. The van der Waals surface area contributed by atoms with E-state index >= 15 is 0 Å². The lowest BCUT2D eigenvalue weighted by molar-refractivity contribution is 0.102. The highest BCUT2D eigenvalue weighted by Crippen LogP contribution is 2.23. The highest BCUT2D eigenvalue weighted by atomic mass is 32.1. The van der Waals surface area contributed by atoms with Crippen molar-refractivity contribution >= 4 is 55.9 Å². The Balaban J connectivity index is 1.70. The van der Waals surface area contributed by atoms with E-state index in [1.165, 1.54) is 0 Å². The molecular formula is C14H8N4OS2. The van der Waals surface area contributed by atoms with Crippen LogP contribution in [0.15, 0.2) is 41.9 Å². The monoisotopic (exact) mass is 312 g/mol. The van der Waals surface area contributed by atoms with E-state index in [0.29, 0.717) is 11.1 Å². The maximum atomic E-state index is 12.4. The normalized spacial score (nSPS) is 11.0. The van der Waals surface area contributed by atoms with Crippen LogP contribution in [0.25, 0.3) is 21.3 Å². The molecule has 0 unspecified atom stereocenters. The van der Waals surface area contributed by atoms with Crippen LogP contribution in [-0.2, 0) is 0 Å². The van der Waals surface area contributed by atoms with Crippen molar-refractivity contribution in [3.8, 4) is 0 Å². The summed E-state index contributed by atoms with van der Waals surface area (Å²) in [7, 11) is 0. The van der Waals surface area contributed by atoms with Gasteiger partial charge in [0.25, 0.3) is 5.91 Å². The molecule has 0 fully saturated rings. The lowest BCUT2D eigenvalue weighted by atomic mass is 10.1. The quantitative estimate of drug-likeness (QED) is 0.614. The second kappa shape index (κ2) is 4.87. The zero-order valence-corrected chi connectivity index (χ0v) is 12.2. The SMILES string of the molecule is O=C(Nc1ccc2ncsc2c1)c1cccc2nsnc12. The molecular weight excluding hydrogens is 304 g/mol. The van der Waals surface area contributed by atoms with Crippen molar-refractivity contribution in [3.63, 3.8) is 0 Å². The molecule has 2 aromatic carbocycles. The Bertz CT molecular complexity index is 960. The van der Waals surface area contributed by atoms with Gasteiger partial charge in [0.2, 0.25) is 0 Å². The number of aromatic nitrogens is 3. The summed E-state index contributed by atoms with van der Waals surface area (Å²) in [6, 6.07) is 11.1. The lowest BCUT2D eigenvalue weighted by Crippen LogP contribution is -2.12. The van der Waals surface area contributed by atoms with E-state index in [9.17, 15) is 4.79 Å². The number of fused-ring (bicyclic) bond motifs is 2. The minimum atomic E-state index is -0.183. The van der Waals surface area contributed by atoms with Gasteiger partial charge in [-0.1, -0.05) is 6.07 Å².